The van der Waals surface area contributed by atoms with Crippen LogP contribution in [0.25, 0.3) is 0 Å². The topological polar surface area (TPSA) is 86.7 Å². The van der Waals surface area contributed by atoms with Gasteiger partial charge in [0.15, 0.2) is 0 Å². The quantitative estimate of drug-likeness (QED) is 0.628. The van der Waals surface area contributed by atoms with E-state index in [1.54, 1.807) is 6.92 Å². The van der Waals surface area contributed by atoms with Crippen LogP contribution in [0.1, 0.15) is 6.92 Å². The fourth-order valence-electron chi connectivity index (χ4n) is 0.893. The first-order valence-electron chi connectivity index (χ1n) is 4.77. The summed E-state index contributed by atoms with van der Waals surface area (Å²) in [5.74, 6) is -1.47. The van der Waals surface area contributed by atoms with Crippen molar-refractivity contribution < 1.29 is 19.5 Å². The van der Waals surface area contributed by atoms with Gasteiger partial charge in [-0.3, -0.25) is 14.4 Å². The fourth-order valence-corrected chi connectivity index (χ4v) is 1.56. The average Bonchev–Trinajstić information content (AvgIpc) is 2.17. The first kappa shape index (κ1) is 14.8. The predicted molar refractivity (Wildman–Crippen MR) is 61.3 cm³/mol. The van der Waals surface area contributed by atoms with E-state index in [2.05, 4.69) is 5.32 Å². The van der Waals surface area contributed by atoms with Crippen molar-refractivity contribution in [2.75, 3.05) is 31.6 Å². The highest BCUT2D eigenvalue weighted by Crippen LogP contribution is 2.01. The van der Waals surface area contributed by atoms with Crippen LogP contribution in [-0.2, 0) is 14.4 Å². The van der Waals surface area contributed by atoms with Crippen LogP contribution in [0.2, 0.25) is 0 Å². The number of hydrogen-bond donors (Lipinski definition) is 2. The molecule has 0 aromatic rings. The molecule has 0 aliphatic heterocycles. The SMILES string of the molecule is CCNC(=O)CN(C)C(=O)CSCC(=O)O. The van der Waals surface area contributed by atoms with Gasteiger partial charge in [0.2, 0.25) is 11.8 Å². The lowest BCUT2D eigenvalue weighted by atomic mass is 10.5. The number of carboxylic acids is 1. The molecular weight excluding hydrogens is 232 g/mol. The second-order valence-electron chi connectivity index (χ2n) is 3.09. The molecule has 7 heteroatoms. The van der Waals surface area contributed by atoms with Crippen LogP contribution in [0.4, 0.5) is 0 Å². The van der Waals surface area contributed by atoms with Crippen LogP contribution < -0.4 is 5.32 Å². The van der Waals surface area contributed by atoms with Gasteiger partial charge < -0.3 is 15.3 Å². The Kier molecular flexibility index (Phi) is 7.36. The number of carbonyl (C=O) groups excluding carboxylic acids is 2. The van der Waals surface area contributed by atoms with Gasteiger partial charge in [0.05, 0.1) is 18.1 Å². The molecule has 0 bridgehead atoms. The van der Waals surface area contributed by atoms with Gasteiger partial charge in [-0.25, -0.2) is 0 Å². The molecule has 0 rings (SSSR count). The van der Waals surface area contributed by atoms with E-state index in [-0.39, 0.29) is 29.9 Å². The number of carboxylic acid groups (broad SMARTS) is 1. The third-order valence-electron chi connectivity index (χ3n) is 1.63. The summed E-state index contributed by atoms with van der Waals surface area (Å²) >= 11 is 1.02. The molecule has 0 radical (unpaired) electrons. The number of nitrogens with zero attached hydrogens (tertiary/aromatic N) is 1. The van der Waals surface area contributed by atoms with Gasteiger partial charge in [-0.15, -0.1) is 11.8 Å². The van der Waals surface area contributed by atoms with Crippen molar-refractivity contribution in [2.24, 2.45) is 0 Å². The highest BCUT2D eigenvalue weighted by Gasteiger charge is 2.12. The van der Waals surface area contributed by atoms with Gasteiger partial charge in [-0.2, -0.15) is 0 Å². The number of thioether (sulfide) groups is 1. The van der Waals surface area contributed by atoms with Gasteiger partial charge >= 0.3 is 5.97 Å². The molecule has 2 amide bonds. The molecule has 0 unspecified atom stereocenters. The third-order valence-corrected chi connectivity index (χ3v) is 2.53. The molecule has 2 N–H and O–H groups in total. The van der Waals surface area contributed by atoms with Crippen LogP contribution in [0.3, 0.4) is 0 Å². The van der Waals surface area contributed by atoms with Gasteiger partial charge in [0.25, 0.3) is 0 Å². The Hall–Kier alpha value is -1.24. The van der Waals surface area contributed by atoms with Gasteiger partial charge in [-0.1, -0.05) is 0 Å². The van der Waals surface area contributed by atoms with Crippen LogP contribution in [-0.4, -0.2) is 59.4 Å². The Labute approximate surface area is 98.4 Å². The van der Waals surface area contributed by atoms with Crippen molar-refractivity contribution in [3.8, 4) is 0 Å². The van der Waals surface area contributed by atoms with Crippen molar-refractivity contribution in [3.63, 3.8) is 0 Å². The second-order valence-corrected chi connectivity index (χ2v) is 4.08. The number of aliphatic carboxylic acids is 1. The van der Waals surface area contributed by atoms with Crippen LogP contribution in [0.15, 0.2) is 0 Å². The van der Waals surface area contributed by atoms with Gasteiger partial charge in [0.1, 0.15) is 0 Å². The summed E-state index contributed by atoms with van der Waals surface area (Å²) in [5.41, 5.74) is 0. The molecule has 0 atom stereocenters. The smallest absolute Gasteiger partial charge is 0.313 e. The van der Waals surface area contributed by atoms with Gasteiger partial charge in [0, 0.05) is 13.6 Å². The summed E-state index contributed by atoms with van der Waals surface area (Å²) in [6.45, 7) is 2.32. The lowest BCUT2D eigenvalue weighted by Crippen LogP contribution is -2.39. The van der Waals surface area contributed by atoms with E-state index in [1.165, 1.54) is 11.9 Å². The summed E-state index contributed by atoms with van der Waals surface area (Å²) < 4.78 is 0. The maximum absolute atomic E-state index is 11.4. The number of rotatable bonds is 7. The molecule has 0 saturated carbocycles. The Bertz CT molecular complexity index is 270. The molecule has 0 aromatic heterocycles. The van der Waals surface area contributed by atoms with E-state index in [0.717, 1.165) is 11.8 Å². The first-order valence-corrected chi connectivity index (χ1v) is 5.93. The van der Waals surface area contributed by atoms with E-state index in [4.69, 9.17) is 5.11 Å². The van der Waals surface area contributed by atoms with E-state index in [9.17, 15) is 14.4 Å². The van der Waals surface area contributed by atoms with Crippen LogP contribution in [0.5, 0.6) is 0 Å². The number of nitrogens with one attached hydrogen (secondary N) is 1. The monoisotopic (exact) mass is 248 g/mol. The Morgan fingerprint density at radius 2 is 1.94 bits per heavy atom. The Morgan fingerprint density at radius 3 is 2.44 bits per heavy atom. The molecule has 0 saturated heterocycles. The van der Waals surface area contributed by atoms with Crippen molar-refractivity contribution in [1.82, 2.24) is 10.2 Å². The first-order chi connectivity index (χ1) is 7.47. The van der Waals surface area contributed by atoms with Crippen molar-refractivity contribution in [3.05, 3.63) is 0 Å². The van der Waals surface area contributed by atoms with Crippen molar-refractivity contribution in [2.45, 2.75) is 6.92 Å². The molecule has 0 aliphatic carbocycles. The minimum atomic E-state index is -0.954. The summed E-state index contributed by atoms with van der Waals surface area (Å²) in [6, 6.07) is 0. The average molecular weight is 248 g/mol. The number of hydrogen-bond acceptors (Lipinski definition) is 4. The molecule has 0 aromatic carbocycles. The van der Waals surface area contributed by atoms with E-state index in [1.807, 2.05) is 0 Å². The highest BCUT2D eigenvalue weighted by atomic mass is 32.2. The van der Waals surface area contributed by atoms with Crippen molar-refractivity contribution >= 4 is 29.5 Å². The summed E-state index contributed by atoms with van der Waals surface area (Å²) in [5, 5.41) is 10.9. The van der Waals surface area contributed by atoms with Crippen molar-refractivity contribution in [1.29, 1.82) is 0 Å². The fraction of sp³-hybridized carbons (Fsp3) is 0.667. The zero-order valence-electron chi connectivity index (χ0n) is 9.36. The van der Waals surface area contributed by atoms with Crippen LogP contribution >= 0.6 is 11.8 Å². The molecule has 16 heavy (non-hydrogen) atoms. The second kappa shape index (κ2) is 7.98. The summed E-state index contributed by atoms with van der Waals surface area (Å²) in [4.78, 5) is 34.0. The van der Waals surface area contributed by atoms with E-state index < -0.39 is 5.97 Å². The molecule has 0 spiro atoms. The third kappa shape index (κ3) is 7.10. The number of carbonyl (C=O) groups is 3. The van der Waals surface area contributed by atoms with Crippen LogP contribution in [0, 0.1) is 0 Å². The predicted octanol–water partition coefficient (Wildman–Crippen LogP) is -0.601. The largest absolute Gasteiger partial charge is 0.481 e. The Balaban J connectivity index is 3.81. The molecule has 0 fully saturated rings. The Morgan fingerprint density at radius 1 is 1.31 bits per heavy atom. The molecule has 6 nitrogen and oxygen atoms in total. The van der Waals surface area contributed by atoms with Gasteiger partial charge in [-0.05, 0) is 6.92 Å². The lowest BCUT2D eigenvalue weighted by Gasteiger charge is -2.15. The zero-order valence-corrected chi connectivity index (χ0v) is 10.2. The number of likely N-dealkylation sites (N-methyl/N-ethyl adjacent to an activating group) is 2. The van der Waals surface area contributed by atoms with E-state index >= 15 is 0 Å². The molecule has 0 aliphatic rings. The minimum Gasteiger partial charge on any atom is -0.481 e. The van der Waals surface area contributed by atoms with E-state index in [0.29, 0.717) is 6.54 Å². The zero-order chi connectivity index (χ0) is 12.6. The summed E-state index contributed by atoms with van der Waals surface area (Å²) in [7, 11) is 1.51. The highest BCUT2D eigenvalue weighted by molar-refractivity contribution is 8.00. The standard InChI is InChI=1S/C9H16N2O4S/c1-3-10-7(12)4-11(2)8(13)5-16-6-9(14)15/h3-6H2,1-2H3,(H,10,12)(H,14,15). The molecular formula is C9H16N2O4S. The minimum absolute atomic E-state index is 0.000302. The number of amides is 2. The molecule has 0 heterocycles. The maximum atomic E-state index is 11.4. The summed E-state index contributed by atoms with van der Waals surface area (Å²) in [6.07, 6.45) is 0. The lowest BCUT2D eigenvalue weighted by molar-refractivity contribution is -0.134. The normalized spacial score (nSPS) is 9.62. The maximum Gasteiger partial charge on any atom is 0.313 e. The molecule has 92 valence electrons.